The molecule has 0 fully saturated rings. The maximum Gasteiger partial charge on any atom is 0.301 e. The Hall–Kier alpha value is -3.88. The van der Waals surface area contributed by atoms with Crippen molar-refractivity contribution < 1.29 is 14.0 Å². The van der Waals surface area contributed by atoms with Crippen LogP contribution in [-0.4, -0.2) is 33.9 Å². The molecule has 2 atom stereocenters. The number of nitrogens with one attached hydrogen (secondary N) is 3. The molecule has 4 rings (SSSR count). The number of fused-ring (bicyclic) bond motifs is 1. The molecule has 0 bridgehead atoms. The van der Waals surface area contributed by atoms with Crippen LogP contribution in [0.5, 0.6) is 0 Å². The van der Waals surface area contributed by atoms with E-state index < -0.39 is 0 Å². The van der Waals surface area contributed by atoms with Gasteiger partial charge in [0.1, 0.15) is 18.1 Å². The van der Waals surface area contributed by atoms with Gasteiger partial charge in [-0.2, -0.15) is 0 Å². The second kappa shape index (κ2) is 8.47. The molecule has 9 heteroatoms. The molecule has 0 saturated heterocycles. The molecule has 3 heterocycles. The van der Waals surface area contributed by atoms with Gasteiger partial charge in [0.15, 0.2) is 0 Å². The van der Waals surface area contributed by atoms with Gasteiger partial charge in [-0.3, -0.25) is 14.9 Å². The predicted octanol–water partition coefficient (Wildman–Crippen LogP) is 4.01. The van der Waals surface area contributed by atoms with Gasteiger partial charge in [-0.15, -0.1) is 0 Å². The molecule has 2 aromatic heterocycles. The highest BCUT2D eigenvalue weighted by Crippen LogP contribution is 2.36. The van der Waals surface area contributed by atoms with Gasteiger partial charge in [-0.25, -0.2) is 9.97 Å². The largest absolute Gasteiger partial charge is 0.432 e. The van der Waals surface area contributed by atoms with Crippen molar-refractivity contribution in [3.8, 4) is 0 Å². The first kappa shape index (κ1) is 20.4. The highest BCUT2D eigenvalue weighted by molar-refractivity contribution is 6.04. The molecule has 9 nitrogen and oxygen atoms in total. The smallest absolute Gasteiger partial charge is 0.301 e. The van der Waals surface area contributed by atoms with E-state index in [1.54, 1.807) is 24.4 Å². The van der Waals surface area contributed by atoms with E-state index in [0.717, 1.165) is 12.1 Å². The van der Waals surface area contributed by atoms with Crippen LogP contribution in [0.25, 0.3) is 0 Å². The van der Waals surface area contributed by atoms with Gasteiger partial charge in [0.05, 0.1) is 23.8 Å². The number of anilines is 5. The van der Waals surface area contributed by atoms with E-state index in [2.05, 4.69) is 44.7 Å². The molecule has 0 saturated carbocycles. The summed E-state index contributed by atoms with van der Waals surface area (Å²) in [5.41, 5.74) is 2.75. The first-order chi connectivity index (χ1) is 15.0. The van der Waals surface area contributed by atoms with Crippen LogP contribution in [0.15, 0.2) is 53.4 Å². The number of hydrogen-bond donors (Lipinski definition) is 3. The number of benzene rings is 1. The summed E-state index contributed by atoms with van der Waals surface area (Å²) in [5.74, 6) is 0.240. The van der Waals surface area contributed by atoms with Crippen LogP contribution in [0.3, 0.4) is 0 Å². The van der Waals surface area contributed by atoms with Crippen LogP contribution in [0.2, 0.25) is 0 Å². The van der Waals surface area contributed by atoms with Crippen molar-refractivity contribution in [3.05, 3.63) is 54.6 Å². The molecule has 2 unspecified atom stereocenters. The van der Waals surface area contributed by atoms with Crippen LogP contribution >= 0.6 is 0 Å². The number of aromatic nitrogens is 2. The number of hydrogen-bond acceptors (Lipinski definition) is 7. The van der Waals surface area contributed by atoms with Crippen molar-refractivity contribution >= 4 is 40.7 Å². The van der Waals surface area contributed by atoms with Crippen molar-refractivity contribution in [3.63, 3.8) is 0 Å². The number of carbonyl (C=O) groups is 2. The lowest BCUT2D eigenvalue weighted by atomic mass is 10.1. The highest BCUT2D eigenvalue weighted by atomic mass is 16.4. The second-order valence-electron chi connectivity index (χ2n) is 7.41. The SMILES string of the molecule is CCC(C)N1c2cc(Nc3cccc(C(=O)Nc4ncco4)c3)ncc2NC(=O)C1C. The molecule has 160 valence electrons. The average molecular weight is 420 g/mol. The highest BCUT2D eigenvalue weighted by Gasteiger charge is 2.32. The zero-order valence-corrected chi connectivity index (χ0v) is 17.5. The third-order valence-electron chi connectivity index (χ3n) is 5.33. The number of rotatable bonds is 6. The van der Waals surface area contributed by atoms with Gasteiger partial charge >= 0.3 is 6.01 Å². The van der Waals surface area contributed by atoms with Gasteiger partial charge in [-0.05, 0) is 38.5 Å². The number of nitrogens with zero attached hydrogens (tertiary/aromatic N) is 3. The zero-order chi connectivity index (χ0) is 22.0. The van der Waals surface area contributed by atoms with E-state index in [0.29, 0.717) is 22.8 Å². The number of carbonyl (C=O) groups excluding carboxylic acids is 2. The topological polar surface area (TPSA) is 112 Å². The Labute approximate surface area is 179 Å². The molecule has 2 amide bonds. The molecule has 3 aromatic rings. The van der Waals surface area contributed by atoms with Crippen molar-refractivity contribution in [2.75, 3.05) is 20.9 Å². The van der Waals surface area contributed by atoms with Crippen LogP contribution in [0, 0.1) is 0 Å². The Balaban J connectivity index is 1.57. The van der Waals surface area contributed by atoms with Gasteiger partial charge < -0.3 is 20.0 Å². The summed E-state index contributed by atoms with van der Waals surface area (Å²) < 4.78 is 5.06. The van der Waals surface area contributed by atoms with Crippen molar-refractivity contribution in [2.45, 2.75) is 39.3 Å². The van der Waals surface area contributed by atoms with Gasteiger partial charge in [-0.1, -0.05) is 13.0 Å². The minimum absolute atomic E-state index is 0.0416. The Morgan fingerprint density at radius 2 is 2.16 bits per heavy atom. The Kier molecular flexibility index (Phi) is 5.57. The molecule has 3 N–H and O–H groups in total. The molecule has 1 aliphatic rings. The maximum absolute atomic E-state index is 12.4. The molecule has 1 aliphatic heterocycles. The van der Waals surface area contributed by atoms with Crippen molar-refractivity contribution in [2.24, 2.45) is 0 Å². The molecule has 0 spiro atoms. The molecule has 31 heavy (non-hydrogen) atoms. The maximum atomic E-state index is 12.4. The fourth-order valence-corrected chi connectivity index (χ4v) is 3.55. The number of oxazole rings is 1. The molecule has 0 radical (unpaired) electrons. The standard InChI is InChI=1S/C22H24N6O3/c1-4-13(2)28-14(3)20(29)26-17-12-24-19(11-18(17)28)25-16-7-5-6-15(10-16)21(30)27-22-23-8-9-31-22/h5-14H,4H2,1-3H3,(H,24,25)(H,26,29)(H,23,27,30). The minimum atomic E-state index is -0.330. The number of pyridine rings is 1. The Morgan fingerprint density at radius 3 is 2.90 bits per heavy atom. The lowest BCUT2D eigenvalue weighted by molar-refractivity contribution is -0.117. The van der Waals surface area contributed by atoms with E-state index in [9.17, 15) is 9.59 Å². The van der Waals surface area contributed by atoms with Crippen molar-refractivity contribution in [1.29, 1.82) is 0 Å². The van der Waals surface area contributed by atoms with Gasteiger partial charge in [0.25, 0.3) is 5.91 Å². The fourth-order valence-electron chi connectivity index (χ4n) is 3.55. The second-order valence-corrected chi connectivity index (χ2v) is 7.41. The fraction of sp³-hybridized carbons (Fsp3) is 0.273. The average Bonchev–Trinajstić information content (AvgIpc) is 3.28. The van der Waals surface area contributed by atoms with Crippen molar-refractivity contribution in [1.82, 2.24) is 9.97 Å². The third kappa shape index (κ3) is 4.20. The van der Waals surface area contributed by atoms with E-state index in [-0.39, 0.29) is 29.9 Å². The summed E-state index contributed by atoms with van der Waals surface area (Å²) in [6, 6.07) is 9.01. The summed E-state index contributed by atoms with van der Waals surface area (Å²) in [5, 5.41) is 8.76. The van der Waals surface area contributed by atoms with E-state index in [1.165, 1.54) is 12.5 Å². The Morgan fingerprint density at radius 1 is 1.32 bits per heavy atom. The molecular weight excluding hydrogens is 396 g/mol. The lowest BCUT2D eigenvalue weighted by Crippen LogP contribution is -2.50. The van der Waals surface area contributed by atoms with Crippen LogP contribution in [0.4, 0.5) is 28.9 Å². The summed E-state index contributed by atoms with van der Waals surface area (Å²) in [4.78, 5) is 35.2. The summed E-state index contributed by atoms with van der Waals surface area (Å²) >= 11 is 0. The first-order valence-electron chi connectivity index (χ1n) is 10.1. The Bertz CT molecular complexity index is 1100. The van der Waals surface area contributed by atoms with Crippen LogP contribution < -0.4 is 20.9 Å². The van der Waals surface area contributed by atoms with Gasteiger partial charge in [0.2, 0.25) is 5.91 Å². The predicted molar refractivity (Wildman–Crippen MR) is 119 cm³/mol. The summed E-state index contributed by atoms with van der Waals surface area (Å²) in [7, 11) is 0. The first-order valence-corrected chi connectivity index (χ1v) is 10.1. The lowest BCUT2D eigenvalue weighted by Gasteiger charge is -2.40. The molecule has 0 aliphatic carbocycles. The van der Waals surface area contributed by atoms with Crippen LogP contribution in [0.1, 0.15) is 37.6 Å². The third-order valence-corrected chi connectivity index (χ3v) is 5.33. The number of amides is 2. The van der Waals surface area contributed by atoms with Crippen LogP contribution in [-0.2, 0) is 4.79 Å². The van der Waals surface area contributed by atoms with E-state index >= 15 is 0 Å². The summed E-state index contributed by atoms with van der Waals surface area (Å²) in [6.45, 7) is 6.09. The van der Waals surface area contributed by atoms with E-state index in [4.69, 9.17) is 4.42 Å². The zero-order valence-electron chi connectivity index (χ0n) is 17.5. The quantitative estimate of drug-likeness (QED) is 0.552. The minimum Gasteiger partial charge on any atom is -0.432 e. The van der Waals surface area contributed by atoms with E-state index in [1.807, 2.05) is 19.1 Å². The summed E-state index contributed by atoms with van der Waals surface area (Å²) in [6.07, 6.45) is 5.41. The van der Waals surface area contributed by atoms with Gasteiger partial charge in [0, 0.05) is 23.4 Å². The molecular formula is C22H24N6O3. The molecule has 1 aromatic carbocycles. The normalized spacial score (nSPS) is 16.3. The monoisotopic (exact) mass is 420 g/mol.